The van der Waals surface area contributed by atoms with E-state index in [2.05, 4.69) is 0 Å². The fourth-order valence-corrected chi connectivity index (χ4v) is 0.778. The highest BCUT2D eigenvalue weighted by atomic mass is 16.4. The number of benzene rings is 1. The third-order valence-corrected chi connectivity index (χ3v) is 1.35. The first kappa shape index (κ1) is 13.1. The summed E-state index contributed by atoms with van der Waals surface area (Å²) >= 11 is 0. The van der Waals surface area contributed by atoms with Crippen molar-refractivity contribution in [1.29, 1.82) is 0 Å². The molecule has 1 aromatic carbocycles. The maximum absolute atomic E-state index is 10.2. The van der Waals surface area contributed by atoms with Gasteiger partial charge in [-0.3, -0.25) is 4.79 Å². The van der Waals surface area contributed by atoms with Gasteiger partial charge in [-0.15, -0.1) is 0 Å². The van der Waals surface area contributed by atoms with Crippen molar-refractivity contribution in [3.05, 3.63) is 35.9 Å². The van der Waals surface area contributed by atoms with Crippen LogP contribution in [0.4, 0.5) is 0 Å². The Kier molecular flexibility index (Phi) is 5.73. The van der Waals surface area contributed by atoms with Crippen molar-refractivity contribution in [1.82, 2.24) is 0 Å². The van der Waals surface area contributed by atoms with Crippen LogP contribution in [0, 0.1) is 0 Å². The molecule has 1 atom stereocenters. The summed E-state index contributed by atoms with van der Waals surface area (Å²) in [5.41, 5.74) is 0.403. The Hall–Kier alpha value is -1.88. The Morgan fingerprint density at radius 2 is 1.53 bits per heavy atom. The fourth-order valence-electron chi connectivity index (χ4n) is 0.778. The fraction of sp³-hybridized carbons (Fsp3) is 0.200. The number of aliphatic carboxylic acids is 2. The van der Waals surface area contributed by atoms with Crippen LogP contribution in [-0.4, -0.2) is 27.3 Å². The first-order valence-corrected chi connectivity index (χ1v) is 4.10. The van der Waals surface area contributed by atoms with Crippen molar-refractivity contribution >= 4 is 11.9 Å². The molecule has 82 valence electrons. The summed E-state index contributed by atoms with van der Waals surface area (Å²) in [6.45, 7) is 1.08. The minimum atomic E-state index is -1.41. The second-order valence-electron chi connectivity index (χ2n) is 2.67. The predicted molar refractivity (Wildman–Crippen MR) is 52.3 cm³/mol. The predicted octanol–water partition coefficient (Wildman–Crippen LogP) is 0.895. The zero-order valence-electron chi connectivity index (χ0n) is 8.12. The average molecular weight is 212 g/mol. The largest absolute Gasteiger partial charge is 0.481 e. The van der Waals surface area contributed by atoms with Crippen molar-refractivity contribution in [3.63, 3.8) is 0 Å². The van der Waals surface area contributed by atoms with Crippen molar-refractivity contribution < 1.29 is 24.9 Å². The van der Waals surface area contributed by atoms with E-state index in [0.29, 0.717) is 5.56 Å². The molecule has 5 heteroatoms. The molecule has 1 rings (SSSR count). The quantitative estimate of drug-likeness (QED) is 0.676. The van der Waals surface area contributed by atoms with Gasteiger partial charge >= 0.3 is 5.97 Å². The highest BCUT2D eigenvalue weighted by molar-refractivity contribution is 5.73. The van der Waals surface area contributed by atoms with Crippen LogP contribution in [-0.2, 0) is 9.59 Å². The zero-order valence-corrected chi connectivity index (χ0v) is 8.12. The highest BCUT2D eigenvalue weighted by Crippen LogP contribution is 2.10. The van der Waals surface area contributed by atoms with Gasteiger partial charge in [-0.25, -0.2) is 4.79 Å². The highest BCUT2D eigenvalue weighted by Gasteiger charge is 2.14. The lowest BCUT2D eigenvalue weighted by Gasteiger charge is -2.03. The van der Waals surface area contributed by atoms with Gasteiger partial charge < -0.3 is 15.3 Å². The zero-order chi connectivity index (χ0) is 11.8. The molecular formula is C10H12O5. The summed E-state index contributed by atoms with van der Waals surface area (Å²) in [6.07, 6.45) is -1.41. The number of hydrogen-bond acceptors (Lipinski definition) is 3. The van der Waals surface area contributed by atoms with Gasteiger partial charge in [0.05, 0.1) is 0 Å². The maximum Gasteiger partial charge on any atom is 0.337 e. The van der Waals surface area contributed by atoms with E-state index in [1.807, 2.05) is 0 Å². The van der Waals surface area contributed by atoms with Crippen LogP contribution in [0.3, 0.4) is 0 Å². The molecular weight excluding hydrogens is 200 g/mol. The van der Waals surface area contributed by atoms with Crippen LogP contribution in [0.5, 0.6) is 0 Å². The number of aliphatic hydroxyl groups excluding tert-OH is 1. The Labute approximate surface area is 86.6 Å². The number of carbonyl (C=O) groups is 2. The SMILES string of the molecule is CC(=O)O.O=C(O)[C@H](O)c1ccccc1. The number of aliphatic hydroxyl groups is 1. The average Bonchev–Trinajstić information content (AvgIpc) is 2.17. The Balaban J connectivity index is 0.000000423. The topological polar surface area (TPSA) is 94.8 Å². The van der Waals surface area contributed by atoms with Crippen LogP contribution >= 0.6 is 0 Å². The summed E-state index contributed by atoms with van der Waals surface area (Å²) in [6, 6.07) is 8.26. The van der Waals surface area contributed by atoms with Gasteiger partial charge in [0.2, 0.25) is 0 Å². The molecule has 3 N–H and O–H groups in total. The van der Waals surface area contributed by atoms with Gasteiger partial charge in [0.25, 0.3) is 5.97 Å². The maximum atomic E-state index is 10.2. The van der Waals surface area contributed by atoms with Crippen LogP contribution in [0.1, 0.15) is 18.6 Å². The molecule has 0 aliphatic heterocycles. The van der Waals surface area contributed by atoms with Crippen molar-refractivity contribution in [2.24, 2.45) is 0 Å². The van der Waals surface area contributed by atoms with Crippen LogP contribution in [0.2, 0.25) is 0 Å². The van der Waals surface area contributed by atoms with E-state index >= 15 is 0 Å². The summed E-state index contributed by atoms with van der Waals surface area (Å²) in [5.74, 6) is -2.06. The molecule has 0 aliphatic rings. The van der Waals surface area contributed by atoms with E-state index in [-0.39, 0.29) is 0 Å². The Morgan fingerprint density at radius 3 is 1.87 bits per heavy atom. The molecule has 0 spiro atoms. The molecule has 0 aliphatic carbocycles. The smallest absolute Gasteiger partial charge is 0.337 e. The van der Waals surface area contributed by atoms with Crippen LogP contribution in [0.15, 0.2) is 30.3 Å². The van der Waals surface area contributed by atoms with Gasteiger partial charge in [-0.2, -0.15) is 0 Å². The molecule has 0 amide bonds. The first-order chi connectivity index (χ1) is 6.95. The summed E-state index contributed by atoms with van der Waals surface area (Å²) < 4.78 is 0. The first-order valence-electron chi connectivity index (χ1n) is 4.10. The van der Waals surface area contributed by atoms with Crippen molar-refractivity contribution in [2.75, 3.05) is 0 Å². The molecule has 0 radical (unpaired) electrons. The van der Waals surface area contributed by atoms with Gasteiger partial charge in [-0.05, 0) is 5.56 Å². The van der Waals surface area contributed by atoms with Crippen LogP contribution in [0.25, 0.3) is 0 Å². The Morgan fingerprint density at radius 1 is 1.13 bits per heavy atom. The second-order valence-corrected chi connectivity index (χ2v) is 2.67. The second kappa shape index (κ2) is 6.56. The van der Waals surface area contributed by atoms with E-state index in [1.54, 1.807) is 30.3 Å². The van der Waals surface area contributed by atoms with Crippen molar-refractivity contribution in [2.45, 2.75) is 13.0 Å². The molecule has 0 bridgehead atoms. The summed E-state index contributed by atoms with van der Waals surface area (Å²) in [7, 11) is 0. The summed E-state index contributed by atoms with van der Waals surface area (Å²) in [5, 5.41) is 24.8. The molecule has 0 saturated carbocycles. The monoisotopic (exact) mass is 212 g/mol. The molecule has 1 aromatic rings. The van der Waals surface area contributed by atoms with Gasteiger partial charge in [0, 0.05) is 6.92 Å². The minimum Gasteiger partial charge on any atom is -0.481 e. The molecule has 0 aromatic heterocycles. The lowest BCUT2D eigenvalue weighted by molar-refractivity contribution is -0.147. The van der Waals surface area contributed by atoms with Gasteiger partial charge in [0.15, 0.2) is 6.10 Å². The van der Waals surface area contributed by atoms with E-state index in [1.165, 1.54) is 0 Å². The van der Waals surface area contributed by atoms with E-state index in [4.69, 9.17) is 20.1 Å². The van der Waals surface area contributed by atoms with Gasteiger partial charge in [0.1, 0.15) is 0 Å². The third-order valence-electron chi connectivity index (χ3n) is 1.35. The Bertz CT molecular complexity index is 316. The van der Waals surface area contributed by atoms with E-state index in [0.717, 1.165) is 6.92 Å². The molecule has 0 fully saturated rings. The normalized spacial score (nSPS) is 10.8. The lowest BCUT2D eigenvalue weighted by Crippen LogP contribution is -2.09. The number of rotatable bonds is 2. The number of carboxylic acid groups (broad SMARTS) is 2. The number of hydrogen-bond donors (Lipinski definition) is 3. The van der Waals surface area contributed by atoms with Crippen LogP contribution < -0.4 is 0 Å². The number of carboxylic acids is 2. The standard InChI is InChI=1S/C8H8O3.C2H4O2/c9-7(8(10)11)6-4-2-1-3-5-6;1-2(3)4/h1-5,7,9H,(H,10,11);1H3,(H,3,4)/t7-;/m1./s1. The molecule has 15 heavy (non-hydrogen) atoms. The lowest BCUT2D eigenvalue weighted by atomic mass is 10.1. The molecule has 0 unspecified atom stereocenters. The van der Waals surface area contributed by atoms with Crippen molar-refractivity contribution in [3.8, 4) is 0 Å². The molecule has 5 nitrogen and oxygen atoms in total. The summed E-state index contributed by atoms with van der Waals surface area (Å²) in [4.78, 5) is 19.2. The molecule has 0 saturated heterocycles. The third kappa shape index (κ3) is 6.23. The van der Waals surface area contributed by atoms with Gasteiger partial charge in [-0.1, -0.05) is 30.3 Å². The van der Waals surface area contributed by atoms with E-state index in [9.17, 15) is 4.79 Å². The molecule has 0 heterocycles. The minimum absolute atomic E-state index is 0.403. The van der Waals surface area contributed by atoms with E-state index < -0.39 is 18.0 Å².